The van der Waals surface area contributed by atoms with Crippen LogP contribution >= 0.6 is 0 Å². The Balaban J connectivity index is -0.0000000236. The number of hydrogen-bond acceptors (Lipinski definition) is 6. The first kappa shape index (κ1) is 43.2. The minimum absolute atomic E-state index is 0. The molecule has 0 unspecified atom stereocenters. The molecule has 24 heavy (non-hydrogen) atoms. The second kappa shape index (κ2) is 33.1. The van der Waals surface area contributed by atoms with Crippen molar-refractivity contribution in [1.82, 2.24) is 0 Å². The molecule has 0 spiro atoms. The van der Waals surface area contributed by atoms with Crippen LogP contribution in [0.5, 0.6) is 0 Å². The summed E-state index contributed by atoms with van der Waals surface area (Å²) < 4.78 is 0. The Morgan fingerprint density at radius 2 is 0.542 bits per heavy atom. The predicted molar refractivity (Wildman–Crippen MR) is 69.6 cm³/mol. The quantitative estimate of drug-likeness (QED) is 0.170. The minimum Gasteiger partial charge on any atom is -1.00 e. The fourth-order valence-corrected chi connectivity index (χ4v) is 0. The van der Waals surface area contributed by atoms with E-state index >= 15 is 0 Å². The van der Waals surface area contributed by atoms with Crippen molar-refractivity contribution in [1.29, 1.82) is 0 Å². The molecule has 0 aromatic carbocycles. The molecule has 0 bridgehead atoms. The molecule has 0 aromatic heterocycles. The maximum absolute atomic E-state index is 9.10. The van der Waals surface area contributed by atoms with Crippen molar-refractivity contribution < 1.29 is 107 Å². The number of carbonyl (C=O) groups is 6. The molecule has 0 aromatic rings. The van der Waals surface area contributed by atoms with Crippen molar-refractivity contribution >= 4 is 35.8 Å². The fraction of sp³-hybridized carbons (Fsp3) is 0.400. The summed E-state index contributed by atoms with van der Waals surface area (Å²) in [6, 6.07) is 0. The Bertz CT molecular complexity index is 312. The maximum atomic E-state index is 9.10. The Labute approximate surface area is 170 Å². The smallest absolute Gasteiger partial charge is 1.00 e. The molecule has 12 nitrogen and oxygen atoms in total. The minimum atomic E-state index is -1.82. The molecule has 0 saturated heterocycles. The molecule has 0 radical (unpaired) electrons. The molecule has 0 rings (SSSR count). The van der Waals surface area contributed by atoms with Gasteiger partial charge >= 0.3 is 41.5 Å². The van der Waals surface area contributed by atoms with Gasteiger partial charge < -0.3 is 32.1 Å². The molecule has 6 N–H and O–H groups in total. The molecule has 0 aliphatic carbocycles. The van der Waals surface area contributed by atoms with Crippen molar-refractivity contribution in [2.75, 3.05) is 0 Å². The molecule has 0 aliphatic rings. The van der Waals surface area contributed by atoms with Crippen LogP contribution < -0.4 is 29.6 Å². The van der Waals surface area contributed by atoms with Gasteiger partial charge in [-0.3, -0.25) is 19.2 Å². The van der Waals surface area contributed by atoms with Crippen LogP contribution in [0.25, 0.3) is 0 Å². The van der Waals surface area contributed by atoms with E-state index in [1.165, 1.54) is 0 Å². The summed E-state index contributed by atoms with van der Waals surface area (Å²) in [4.78, 5) is 54.2. The zero-order valence-electron chi connectivity index (χ0n) is 14.5. The van der Waals surface area contributed by atoms with Crippen molar-refractivity contribution in [3.63, 3.8) is 0 Å². The SMILES string of the molecule is CC(=O)O.CC(=O)O.CC(=O)O.CC(=O)O.O=C(O)C(=O)O.[Fe].[H-].[Na+]. The van der Waals surface area contributed by atoms with E-state index in [9.17, 15) is 0 Å². The van der Waals surface area contributed by atoms with E-state index < -0.39 is 35.8 Å². The van der Waals surface area contributed by atoms with Crippen molar-refractivity contribution in [3.05, 3.63) is 0 Å². The van der Waals surface area contributed by atoms with Crippen molar-refractivity contribution in [3.8, 4) is 0 Å². The number of rotatable bonds is 0. The first-order chi connectivity index (χ1) is 9.57. The van der Waals surface area contributed by atoms with E-state index in [0.717, 1.165) is 27.7 Å². The molecule has 0 amide bonds. The second-order valence-electron chi connectivity index (χ2n) is 2.69. The zero-order valence-corrected chi connectivity index (χ0v) is 16.6. The summed E-state index contributed by atoms with van der Waals surface area (Å²) >= 11 is 0. The van der Waals surface area contributed by atoms with Gasteiger partial charge in [0.05, 0.1) is 0 Å². The molecule has 0 saturated carbocycles. The summed E-state index contributed by atoms with van der Waals surface area (Å²) in [6.45, 7) is 4.33. The van der Waals surface area contributed by atoms with Gasteiger partial charge in [0.25, 0.3) is 23.9 Å². The number of carboxylic acids is 6. The van der Waals surface area contributed by atoms with Crippen LogP contribution in [0.2, 0.25) is 0 Å². The van der Waals surface area contributed by atoms with Crippen LogP contribution in [0.15, 0.2) is 0 Å². The van der Waals surface area contributed by atoms with E-state index in [2.05, 4.69) is 0 Å². The third-order valence-corrected chi connectivity index (χ3v) is 0.183. The van der Waals surface area contributed by atoms with E-state index in [1.54, 1.807) is 0 Å². The average Bonchev–Trinajstić information content (AvgIpc) is 2.12. The molecule has 0 aliphatic heterocycles. The van der Waals surface area contributed by atoms with Crippen LogP contribution in [0, 0.1) is 0 Å². The molecule has 140 valence electrons. The number of aliphatic carboxylic acids is 6. The van der Waals surface area contributed by atoms with E-state index in [4.69, 9.17) is 59.4 Å². The molecule has 0 fully saturated rings. The van der Waals surface area contributed by atoms with Gasteiger partial charge in [-0.15, -0.1) is 0 Å². The fourth-order valence-electron chi connectivity index (χ4n) is 0. The van der Waals surface area contributed by atoms with Gasteiger partial charge in [-0.1, -0.05) is 0 Å². The van der Waals surface area contributed by atoms with Gasteiger partial charge in [0.15, 0.2) is 0 Å². The van der Waals surface area contributed by atoms with Crippen LogP contribution in [0.1, 0.15) is 29.1 Å². The van der Waals surface area contributed by atoms with E-state index in [1.807, 2.05) is 0 Å². The Kier molecular flexibility index (Phi) is 59.6. The van der Waals surface area contributed by atoms with Crippen LogP contribution in [0.4, 0.5) is 0 Å². The third-order valence-electron chi connectivity index (χ3n) is 0.183. The summed E-state index contributed by atoms with van der Waals surface area (Å²) in [5.41, 5.74) is 0. The first-order valence-corrected chi connectivity index (χ1v) is 4.82. The number of hydrogen-bond donors (Lipinski definition) is 6. The normalized spacial score (nSPS) is 6.00. The molecule has 0 heterocycles. The molecular formula is C10H19FeNaO12. The third kappa shape index (κ3) is 1390. The Morgan fingerprint density at radius 1 is 0.500 bits per heavy atom. The summed E-state index contributed by atoms with van der Waals surface area (Å²) in [5, 5.41) is 44.4. The maximum Gasteiger partial charge on any atom is 1.00 e. The topological polar surface area (TPSA) is 224 Å². The summed E-state index contributed by atoms with van der Waals surface area (Å²) in [7, 11) is 0. The monoisotopic (exact) mass is 410 g/mol. The standard InChI is InChI=1S/C2H2O4.4C2H4O2.Fe.Na.H/c3-1(4)2(5)6;4*1-2(3)4;;;/h(H,3,4)(H,5,6);4*1H3,(H,3,4);;;/q;;;;;;+1;-1. The van der Waals surface area contributed by atoms with Gasteiger partial charge in [0.1, 0.15) is 0 Å². The number of carboxylic acid groups (broad SMARTS) is 6. The Hall–Kier alpha value is -1.66. The van der Waals surface area contributed by atoms with Gasteiger partial charge in [0.2, 0.25) is 0 Å². The summed E-state index contributed by atoms with van der Waals surface area (Å²) in [5.74, 6) is -6.98. The van der Waals surface area contributed by atoms with Gasteiger partial charge in [0, 0.05) is 44.8 Å². The predicted octanol–water partition coefficient (Wildman–Crippen LogP) is -3.37. The van der Waals surface area contributed by atoms with Crippen molar-refractivity contribution in [2.24, 2.45) is 0 Å². The Morgan fingerprint density at radius 3 is 0.542 bits per heavy atom. The first-order valence-electron chi connectivity index (χ1n) is 4.82. The summed E-state index contributed by atoms with van der Waals surface area (Å²) in [6.07, 6.45) is 0. The molecule has 0 atom stereocenters. The van der Waals surface area contributed by atoms with Crippen molar-refractivity contribution in [2.45, 2.75) is 27.7 Å². The van der Waals surface area contributed by atoms with Crippen LogP contribution in [-0.2, 0) is 45.8 Å². The van der Waals surface area contributed by atoms with E-state index in [-0.39, 0.29) is 48.1 Å². The van der Waals surface area contributed by atoms with Crippen LogP contribution in [0.3, 0.4) is 0 Å². The average molecular weight is 410 g/mol. The van der Waals surface area contributed by atoms with Crippen LogP contribution in [-0.4, -0.2) is 66.5 Å². The van der Waals surface area contributed by atoms with E-state index in [0.29, 0.717) is 0 Å². The van der Waals surface area contributed by atoms with Gasteiger partial charge in [-0.25, -0.2) is 9.59 Å². The molecular weight excluding hydrogens is 391 g/mol. The zero-order chi connectivity index (χ0) is 19.5. The molecule has 14 heteroatoms. The van der Waals surface area contributed by atoms with Gasteiger partial charge in [-0.2, -0.15) is 0 Å². The second-order valence-corrected chi connectivity index (χ2v) is 2.69. The van der Waals surface area contributed by atoms with Gasteiger partial charge in [-0.05, 0) is 0 Å². The largest absolute Gasteiger partial charge is 1.00 e.